The Morgan fingerprint density at radius 3 is 3.05 bits per heavy atom. The van der Waals surface area contributed by atoms with Crippen LogP contribution in [0.15, 0.2) is 24.9 Å². The maximum absolute atomic E-state index is 4.26. The molecular formula is C17H26N4. The fraction of sp³-hybridized carbons (Fsp3) is 0.588. The summed E-state index contributed by atoms with van der Waals surface area (Å²) in [6.45, 7) is 7.40. The monoisotopic (exact) mass is 286 g/mol. The number of hydrogen-bond donors (Lipinski definition) is 1. The van der Waals surface area contributed by atoms with Crippen LogP contribution >= 0.6 is 0 Å². The molecule has 1 atom stereocenters. The van der Waals surface area contributed by atoms with Gasteiger partial charge in [-0.15, -0.1) is 0 Å². The molecule has 1 unspecified atom stereocenters. The molecule has 0 bridgehead atoms. The zero-order valence-electron chi connectivity index (χ0n) is 13.2. The third-order valence-electron chi connectivity index (χ3n) is 4.44. The van der Waals surface area contributed by atoms with Gasteiger partial charge in [0.25, 0.3) is 0 Å². The van der Waals surface area contributed by atoms with Gasteiger partial charge in [-0.05, 0) is 50.3 Å². The quantitative estimate of drug-likeness (QED) is 0.885. The number of rotatable bonds is 6. The van der Waals surface area contributed by atoms with Crippen molar-refractivity contribution in [1.82, 2.24) is 19.4 Å². The highest BCUT2D eigenvalue weighted by Gasteiger charge is 2.21. The molecule has 21 heavy (non-hydrogen) atoms. The van der Waals surface area contributed by atoms with Crippen molar-refractivity contribution in [2.45, 2.75) is 58.7 Å². The van der Waals surface area contributed by atoms with Crippen LogP contribution in [0.3, 0.4) is 0 Å². The summed E-state index contributed by atoms with van der Waals surface area (Å²) in [5.74, 6) is 0. The fourth-order valence-electron chi connectivity index (χ4n) is 3.32. The van der Waals surface area contributed by atoms with E-state index in [1.54, 1.807) is 0 Å². The van der Waals surface area contributed by atoms with Crippen LogP contribution in [0.25, 0.3) is 0 Å². The van der Waals surface area contributed by atoms with Crippen LogP contribution < -0.4 is 5.32 Å². The van der Waals surface area contributed by atoms with Gasteiger partial charge in [-0.3, -0.25) is 0 Å². The summed E-state index contributed by atoms with van der Waals surface area (Å²) in [6, 6.07) is 0.547. The minimum absolute atomic E-state index is 0.547. The van der Waals surface area contributed by atoms with Gasteiger partial charge >= 0.3 is 0 Å². The van der Waals surface area contributed by atoms with Gasteiger partial charge in [-0.25, -0.2) is 4.98 Å². The van der Waals surface area contributed by atoms with Gasteiger partial charge in [0, 0.05) is 31.2 Å². The van der Waals surface area contributed by atoms with E-state index in [1.165, 1.54) is 42.5 Å². The summed E-state index contributed by atoms with van der Waals surface area (Å²) < 4.78 is 4.55. The topological polar surface area (TPSA) is 34.8 Å². The molecule has 0 amide bonds. The van der Waals surface area contributed by atoms with E-state index < -0.39 is 0 Å². The molecular weight excluding hydrogens is 260 g/mol. The minimum Gasteiger partial charge on any atom is -0.348 e. The molecule has 1 aliphatic carbocycles. The van der Waals surface area contributed by atoms with E-state index >= 15 is 0 Å². The van der Waals surface area contributed by atoms with Gasteiger partial charge in [-0.1, -0.05) is 6.92 Å². The Hall–Kier alpha value is -1.55. The highest BCUT2D eigenvalue weighted by Crippen LogP contribution is 2.30. The van der Waals surface area contributed by atoms with Gasteiger partial charge in [-0.2, -0.15) is 0 Å². The van der Waals surface area contributed by atoms with E-state index in [2.05, 4.69) is 45.7 Å². The third kappa shape index (κ3) is 3.05. The number of aryl methyl sites for hydroxylation is 2. The van der Waals surface area contributed by atoms with Crippen molar-refractivity contribution in [1.29, 1.82) is 0 Å². The van der Waals surface area contributed by atoms with Gasteiger partial charge < -0.3 is 14.5 Å². The molecule has 0 radical (unpaired) electrons. The Kier molecular flexibility index (Phi) is 4.44. The van der Waals surface area contributed by atoms with Crippen molar-refractivity contribution >= 4 is 0 Å². The maximum atomic E-state index is 4.26. The van der Waals surface area contributed by atoms with Crippen molar-refractivity contribution in [2.24, 2.45) is 0 Å². The summed E-state index contributed by atoms with van der Waals surface area (Å²) in [4.78, 5) is 4.26. The van der Waals surface area contributed by atoms with Crippen LogP contribution in [0.2, 0.25) is 0 Å². The first-order valence-electron chi connectivity index (χ1n) is 8.22. The van der Waals surface area contributed by atoms with Crippen molar-refractivity contribution in [3.63, 3.8) is 0 Å². The number of aromatic nitrogens is 3. The van der Waals surface area contributed by atoms with Crippen molar-refractivity contribution < 1.29 is 0 Å². The van der Waals surface area contributed by atoms with Gasteiger partial charge in [0.2, 0.25) is 0 Å². The molecule has 0 spiro atoms. The second kappa shape index (κ2) is 6.48. The Bertz CT molecular complexity index is 581. The number of hydrogen-bond acceptors (Lipinski definition) is 2. The molecule has 0 saturated carbocycles. The summed E-state index contributed by atoms with van der Waals surface area (Å²) in [7, 11) is 0. The molecule has 4 nitrogen and oxygen atoms in total. The lowest BCUT2D eigenvalue weighted by Crippen LogP contribution is -2.24. The highest BCUT2D eigenvalue weighted by molar-refractivity contribution is 5.30. The predicted molar refractivity (Wildman–Crippen MR) is 85.4 cm³/mol. The second-order valence-corrected chi connectivity index (χ2v) is 5.98. The number of imidazole rings is 1. The highest BCUT2D eigenvalue weighted by atomic mass is 15.1. The van der Waals surface area contributed by atoms with Gasteiger partial charge in [0.05, 0.1) is 18.6 Å². The van der Waals surface area contributed by atoms with E-state index in [0.29, 0.717) is 6.04 Å². The standard InChI is InChI=1S/C17H26N4/c1-3-8-19-17-7-5-6-14-10-20(12-16(14)17)11-15-9-18-13-21(15)4-2/h9-10,12-13,17,19H,3-8,11H2,1-2H3. The number of nitrogens with one attached hydrogen (secondary N) is 1. The molecule has 0 fully saturated rings. The number of nitrogens with zero attached hydrogens (tertiary/aromatic N) is 3. The van der Waals surface area contributed by atoms with E-state index in [-0.39, 0.29) is 0 Å². The summed E-state index contributed by atoms with van der Waals surface area (Å²) in [5, 5.41) is 3.69. The van der Waals surface area contributed by atoms with Crippen molar-refractivity contribution in [2.75, 3.05) is 6.54 Å². The Balaban J connectivity index is 1.78. The van der Waals surface area contributed by atoms with Crippen LogP contribution in [-0.4, -0.2) is 20.7 Å². The lowest BCUT2D eigenvalue weighted by molar-refractivity contribution is 0.462. The third-order valence-corrected chi connectivity index (χ3v) is 4.44. The molecule has 3 rings (SSSR count). The van der Waals surface area contributed by atoms with Crippen LogP contribution in [0, 0.1) is 0 Å². The average Bonchev–Trinajstić information content (AvgIpc) is 3.11. The molecule has 0 aliphatic heterocycles. The molecule has 114 valence electrons. The van der Waals surface area contributed by atoms with Crippen LogP contribution in [0.4, 0.5) is 0 Å². The SMILES string of the molecule is CCCNC1CCCc2cn(Cc3cncn3CC)cc21. The predicted octanol–water partition coefficient (Wildman–Crippen LogP) is 3.13. The average molecular weight is 286 g/mol. The first kappa shape index (κ1) is 14.4. The first-order valence-corrected chi connectivity index (χ1v) is 8.22. The Morgan fingerprint density at radius 1 is 1.33 bits per heavy atom. The van der Waals surface area contributed by atoms with Crippen molar-refractivity contribution in [3.8, 4) is 0 Å². The molecule has 2 aromatic heterocycles. The maximum Gasteiger partial charge on any atom is 0.0948 e. The summed E-state index contributed by atoms with van der Waals surface area (Å²) in [6.07, 6.45) is 13.6. The molecule has 0 aromatic carbocycles. The van der Waals surface area contributed by atoms with E-state index in [4.69, 9.17) is 0 Å². The van der Waals surface area contributed by atoms with Crippen molar-refractivity contribution in [3.05, 3.63) is 41.7 Å². The van der Waals surface area contributed by atoms with E-state index in [1.807, 2.05) is 12.5 Å². The fourth-order valence-corrected chi connectivity index (χ4v) is 3.32. The van der Waals surface area contributed by atoms with E-state index in [0.717, 1.165) is 19.6 Å². The Morgan fingerprint density at radius 2 is 2.24 bits per heavy atom. The molecule has 4 heteroatoms. The molecule has 0 saturated heterocycles. The largest absolute Gasteiger partial charge is 0.348 e. The molecule has 1 aliphatic rings. The molecule has 2 heterocycles. The minimum atomic E-state index is 0.547. The summed E-state index contributed by atoms with van der Waals surface area (Å²) >= 11 is 0. The second-order valence-electron chi connectivity index (χ2n) is 5.98. The molecule has 1 N–H and O–H groups in total. The Labute approximate surface area is 127 Å². The number of fused-ring (bicyclic) bond motifs is 1. The van der Waals surface area contributed by atoms with Crippen LogP contribution in [0.5, 0.6) is 0 Å². The van der Waals surface area contributed by atoms with E-state index in [9.17, 15) is 0 Å². The zero-order chi connectivity index (χ0) is 14.7. The summed E-state index contributed by atoms with van der Waals surface area (Å²) in [5.41, 5.74) is 4.32. The lowest BCUT2D eigenvalue weighted by Gasteiger charge is -2.23. The van der Waals surface area contributed by atoms with Gasteiger partial charge in [0.1, 0.15) is 0 Å². The smallest absolute Gasteiger partial charge is 0.0948 e. The van der Waals surface area contributed by atoms with Crippen LogP contribution in [0.1, 0.15) is 56.0 Å². The first-order chi connectivity index (χ1) is 10.3. The van der Waals surface area contributed by atoms with Crippen LogP contribution in [-0.2, 0) is 19.5 Å². The lowest BCUT2D eigenvalue weighted by atomic mass is 9.91. The zero-order valence-corrected chi connectivity index (χ0v) is 13.2. The van der Waals surface area contributed by atoms with Gasteiger partial charge in [0.15, 0.2) is 0 Å². The molecule has 2 aromatic rings. The normalized spacial score (nSPS) is 17.9.